The second-order valence-corrected chi connectivity index (χ2v) is 4.12. The summed E-state index contributed by atoms with van der Waals surface area (Å²) in [5.41, 5.74) is 7.32. The Morgan fingerprint density at radius 3 is 2.73 bits per heavy atom. The van der Waals surface area contributed by atoms with E-state index < -0.39 is 0 Å². The number of hydrogen-bond donors (Lipinski definition) is 2. The first-order chi connectivity index (χ1) is 7.25. The van der Waals surface area contributed by atoms with Gasteiger partial charge in [0.05, 0.1) is 0 Å². The molecule has 0 aliphatic carbocycles. The average Bonchev–Trinajstić information content (AvgIpc) is 2.66. The van der Waals surface area contributed by atoms with E-state index >= 15 is 0 Å². The van der Waals surface area contributed by atoms with Crippen molar-refractivity contribution in [3.05, 3.63) is 35.9 Å². The molecule has 1 heterocycles. The zero-order chi connectivity index (χ0) is 10.7. The molecule has 1 fully saturated rings. The maximum Gasteiger partial charge on any atom is 0.220 e. The normalized spacial score (nSPS) is 22.5. The van der Waals surface area contributed by atoms with E-state index in [4.69, 9.17) is 5.73 Å². The largest absolute Gasteiger partial charge is 0.356 e. The molecule has 3 heteroatoms. The lowest BCUT2D eigenvalue weighted by molar-refractivity contribution is -0.119. The van der Waals surface area contributed by atoms with Crippen LogP contribution in [0.2, 0.25) is 0 Å². The third-order valence-corrected chi connectivity index (χ3v) is 2.93. The first-order valence-corrected chi connectivity index (χ1v) is 5.32. The third-order valence-electron chi connectivity index (χ3n) is 2.93. The van der Waals surface area contributed by atoms with Crippen molar-refractivity contribution in [3.63, 3.8) is 0 Å². The SMILES string of the molecule is NC(Cc1ccccc1)C1CNC(=O)C1. The summed E-state index contributed by atoms with van der Waals surface area (Å²) in [6, 6.07) is 10.2. The fourth-order valence-corrected chi connectivity index (χ4v) is 1.98. The number of nitrogens with one attached hydrogen (secondary N) is 1. The lowest BCUT2D eigenvalue weighted by Gasteiger charge is -2.17. The Morgan fingerprint density at radius 2 is 2.13 bits per heavy atom. The summed E-state index contributed by atoms with van der Waals surface area (Å²) in [5.74, 6) is 0.418. The van der Waals surface area contributed by atoms with E-state index in [0.29, 0.717) is 6.42 Å². The quantitative estimate of drug-likeness (QED) is 0.761. The summed E-state index contributed by atoms with van der Waals surface area (Å²) in [4.78, 5) is 11.0. The van der Waals surface area contributed by atoms with Crippen LogP contribution in [-0.4, -0.2) is 18.5 Å². The average molecular weight is 204 g/mol. The molecule has 0 aromatic heterocycles. The van der Waals surface area contributed by atoms with E-state index in [2.05, 4.69) is 17.4 Å². The van der Waals surface area contributed by atoms with E-state index in [-0.39, 0.29) is 17.9 Å². The summed E-state index contributed by atoms with van der Waals surface area (Å²) in [7, 11) is 0. The van der Waals surface area contributed by atoms with Crippen LogP contribution in [0.5, 0.6) is 0 Å². The van der Waals surface area contributed by atoms with E-state index in [1.807, 2.05) is 18.2 Å². The van der Waals surface area contributed by atoms with Crippen LogP contribution in [0.3, 0.4) is 0 Å². The zero-order valence-corrected chi connectivity index (χ0v) is 8.65. The van der Waals surface area contributed by atoms with Gasteiger partial charge in [0.2, 0.25) is 5.91 Å². The summed E-state index contributed by atoms with van der Waals surface area (Å²) >= 11 is 0. The van der Waals surface area contributed by atoms with Crippen molar-refractivity contribution in [1.29, 1.82) is 0 Å². The van der Waals surface area contributed by atoms with Crippen LogP contribution < -0.4 is 11.1 Å². The molecule has 1 aliphatic rings. The van der Waals surface area contributed by atoms with E-state index in [1.165, 1.54) is 5.56 Å². The van der Waals surface area contributed by atoms with Gasteiger partial charge in [-0.25, -0.2) is 0 Å². The molecule has 15 heavy (non-hydrogen) atoms. The van der Waals surface area contributed by atoms with Crippen LogP contribution in [-0.2, 0) is 11.2 Å². The molecule has 1 aromatic rings. The molecular weight excluding hydrogens is 188 g/mol. The monoisotopic (exact) mass is 204 g/mol. The molecule has 0 saturated carbocycles. The van der Waals surface area contributed by atoms with Gasteiger partial charge < -0.3 is 11.1 Å². The van der Waals surface area contributed by atoms with Crippen molar-refractivity contribution < 1.29 is 4.79 Å². The minimum atomic E-state index is 0.0753. The Bertz CT molecular complexity index is 337. The van der Waals surface area contributed by atoms with E-state index in [9.17, 15) is 4.79 Å². The second-order valence-electron chi connectivity index (χ2n) is 4.12. The van der Waals surface area contributed by atoms with Gasteiger partial charge in [0, 0.05) is 24.9 Å². The molecule has 2 atom stereocenters. The lowest BCUT2D eigenvalue weighted by atomic mass is 9.93. The van der Waals surface area contributed by atoms with Gasteiger partial charge in [-0.1, -0.05) is 30.3 Å². The fourth-order valence-electron chi connectivity index (χ4n) is 1.98. The Labute approximate surface area is 89.7 Å². The molecule has 0 radical (unpaired) electrons. The smallest absolute Gasteiger partial charge is 0.220 e. The van der Waals surface area contributed by atoms with Crippen molar-refractivity contribution >= 4 is 5.91 Å². The Kier molecular flexibility index (Phi) is 3.02. The van der Waals surface area contributed by atoms with Crippen molar-refractivity contribution in [1.82, 2.24) is 5.32 Å². The van der Waals surface area contributed by atoms with Gasteiger partial charge in [0.1, 0.15) is 0 Å². The summed E-state index contributed by atoms with van der Waals surface area (Å²) in [6.45, 7) is 0.729. The molecule has 80 valence electrons. The molecule has 1 saturated heterocycles. The highest BCUT2D eigenvalue weighted by Gasteiger charge is 2.26. The number of hydrogen-bond acceptors (Lipinski definition) is 2. The van der Waals surface area contributed by atoms with Crippen LogP contribution in [0.4, 0.5) is 0 Å². The minimum absolute atomic E-state index is 0.0753. The van der Waals surface area contributed by atoms with Crippen LogP contribution >= 0.6 is 0 Å². The number of benzene rings is 1. The van der Waals surface area contributed by atoms with Gasteiger partial charge in [0.25, 0.3) is 0 Å². The van der Waals surface area contributed by atoms with E-state index in [1.54, 1.807) is 0 Å². The van der Waals surface area contributed by atoms with Gasteiger partial charge in [-0.05, 0) is 12.0 Å². The molecular formula is C12H16N2O. The standard InChI is InChI=1S/C12H16N2O/c13-11(10-7-12(15)14-8-10)6-9-4-2-1-3-5-9/h1-5,10-11H,6-8,13H2,(H,14,15). The molecule has 1 amide bonds. The van der Waals surface area contributed by atoms with Crippen LogP contribution in [0.15, 0.2) is 30.3 Å². The molecule has 2 rings (SSSR count). The molecule has 1 aromatic carbocycles. The Hall–Kier alpha value is -1.35. The summed E-state index contributed by atoms with van der Waals surface area (Å²) in [5, 5.41) is 2.82. The van der Waals surface area contributed by atoms with Crippen molar-refractivity contribution in [3.8, 4) is 0 Å². The molecule has 1 aliphatic heterocycles. The van der Waals surface area contributed by atoms with Crippen LogP contribution in [0.1, 0.15) is 12.0 Å². The molecule has 3 N–H and O–H groups in total. The van der Waals surface area contributed by atoms with Gasteiger partial charge in [0.15, 0.2) is 0 Å². The molecule has 3 nitrogen and oxygen atoms in total. The van der Waals surface area contributed by atoms with Crippen molar-refractivity contribution in [2.45, 2.75) is 18.9 Å². The highest BCUT2D eigenvalue weighted by Crippen LogP contribution is 2.15. The zero-order valence-electron chi connectivity index (χ0n) is 8.65. The predicted octanol–water partition coefficient (Wildman–Crippen LogP) is 0.693. The van der Waals surface area contributed by atoms with Crippen LogP contribution in [0, 0.1) is 5.92 Å². The third kappa shape index (κ3) is 2.57. The number of amides is 1. The maximum absolute atomic E-state index is 11.0. The highest BCUT2D eigenvalue weighted by molar-refractivity contribution is 5.78. The van der Waals surface area contributed by atoms with Gasteiger partial charge in [-0.15, -0.1) is 0 Å². The van der Waals surface area contributed by atoms with Gasteiger partial charge in [-0.3, -0.25) is 4.79 Å². The number of carbonyl (C=O) groups is 1. The Balaban J connectivity index is 1.92. The van der Waals surface area contributed by atoms with Gasteiger partial charge >= 0.3 is 0 Å². The maximum atomic E-state index is 11.0. The lowest BCUT2D eigenvalue weighted by Crippen LogP contribution is -2.33. The molecule has 0 bridgehead atoms. The first kappa shape index (κ1) is 10.2. The Morgan fingerprint density at radius 1 is 1.40 bits per heavy atom. The van der Waals surface area contributed by atoms with Gasteiger partial charge in [-0.2, -0.15) is 0 Å². The minimum Gasteiger partial charge on any atom is -0.356 e. The first-order valence-electron chi connectivity index (χ1n) is 5.32. The summed E-state index contributed by atoms with van der Waals surface area (Å²) in [6.07, 6.45) is 1.43. The van der Waals surface area contributed by atoms with E-state index in [0.717, 1.165) is 13.0 Å². The highest BCUT2D eigenvalue weighted by atomic mass is 16.1. The van der Waals surface area contributed by atoms with Crippen LogP contribution in [0.25, 0.3) is 0 Å². The molecule has 2 unspecified atom stereocenters. The van der Waals surface area contributed by atoms with Crippen molar-refractivity contribution in [2.75, 3.05) is 6.54 Å². The molecule has 0 spiro atoms. The second kappa shape index (κ2) is 4.45. The number of rotatable bonds is 3. The van der Waals surface area contributed by atoms with Crippen molar-refractivity contribution in [2.24, 2.45) is 11.7 Å². The topological polar surface area (TPSA) is 55.1 Å². The number of nitrogens with two attached hydrogens (primary N) is 1. The fraction of sp³-hybridized carbons (Fsp3) is 0.417. The number of carbonyl (C=O) groups excluding carboxylic acids is 1. The summed E-state index contributed by atoms with van der Waals surface area (Å²) < 4.78 is 0. The predicted molar refractivity (Wildman–Crippen MR) is 59.2 cm³/mol.